The summed E-state index contributed by atoms with van der Waals surface area (Å²) in [4.78, 5) is 0. The Morgan fingerprint density at radius 3 is 2.47 bits per heavy atom. The van der Waals surface area contributed by atoms with Gasteiger partial charge in [-0.3, -0.25) is 0 Å². The summed E-state index contributed by atoms with van der Waals surface area (Å²) in [6, 6.07) is 3.88. The molecule has 2 aliphatic rings. The topological polar surface area (TPSA) is 39.7 Å². The predicted octanol–water partition coefficient (Wildman–Crippen LogP) is 2.23. The van der Waals surface area contributed by atoms with Gasteiger partial charge in [-0.2, -0.15) is 0 Å². The van der Waals surface area contributed by atoms with Gasteiger partial charge in [0.2, 0.25) is 0 Å². The minimum absolute atomic E-state index is 0.155. The third kappa shape index (κ3) is 2.16. The molecule has 0 unspecified atom stereocenters. The van der Waals surface area contributed by atoms with E-state index in [9.17, 15) is 0 Å². The van der Waals surface area contributed by atoms with E-state index in [0.29, 0.717) is 5.75 Å². The van der Waals surface area contributed by atoms with Gasteiger partial charge in [-0.25, -0.2) is 0 Å². The van der Waals surface area contributed by atoms with Crippen LogP contribution in [0.2, 0.25) is 0 Å². The largest absolute Gasteiger partial charge is 0.493 e. The number of ether oxygens (including phenoxy) is 3. The van der Waals surface area contributed by atoms with Crippen molar-refractivity contribution in [3.8, 4) is 17.2 Å². The van der Waals surface area contributed by atoms with Crippen molar-refractivity contribution in [2.24, 2.45) is 0 Å². The molecule has 2 aliphatic heterocycles. The van der Waals surface area contributed by atoms with Crippen LogP contribution < -0.4 is 19.5 Å². The first kappa shape index (κ1) is 12.4. The van der Waals surface area contributed by atoms with Crippen LogP contribution in [0.5, 0.6) is 17.2 Å². The third-order valence-electron chi connectivity index (χ3n) is 3.85. The second-order valence-electron chi connectivity index (χ2n) is 5.00. The van der Waals surface area contributed by atoms with Gasteiger partial charge in [-0.15, -0.1) is 0 Å². The predicted molar refractivity (Wildman–Crippen MR) is 74.0 cm³/mol. The van der Waals surface area contributed by atoms with Crippen molar-refractivity contribution in [2.45, 2.75) is 18.4 Å². The van der Waals surface area contributed by atoms with E-state index in [1.165, 1.54) is 0 Å². The summed E-state index contributed by atoms with van der Waals surface area (Å²) in [7, 11) is 3.29. The third-order valence-corrected chi connectivity index (χ3v) is 3.85. The maximum Gasteiger partial charge on any atom is 0.164 e. The molecule has 102 valence electrons. The fourth-order valence-corrected chi connectivity index (χ4v) is 2.71. The molecule has 2 heterocycles. The summed E-state index contributed by atoms with van der Waals surface area (Å²) in [5.41, 5.74) is 0.888. The Labute approximate surface area is 113 Å². The van der Waals surface area contributed by atoms with Crippen LogP contribution >= 0.6 is 0 Å². The van der Waals surface area contributed by atoms with Gasteiger partial charge >= 0.3 is 0 Å². The molecule has 0 aliphatic carbocycles. The highest BCUT2D eigenvalue weighted by Crippen LogP contribution is 2.41. The number of fused-ring (bicyclic) bond motifs is 1. The fraction of sp³-hybridized carbons (Fsp3) is 0.467. The van der Waals surface area contributed by atoms with E-state index in [0.717, 1.165) is 43.0 Å². The fourth-order valence-electron chi connectivity index (χ4n) is 2.71. The van der Waals surface area contributed by atoms with E-state index in [4.69, 9.17) is 14.2 Å². The van der Waals surface area contributed by atoms with Gasteiger partial charge in [-0.1, -0.05) is 6.08 Å². The molecule has 0 bridgehead atoms. The highest BCUT2D eigenvalue weighted by Gasteiger charge is 2.34. The van der Waals surface area contributed by atoms with Gasteiger partial charge in [0, 0.05) is 24.5 Å². The lowest BCUT2D eigenvalue weighted by Crippen LogP contribution is -2.45. The SMILES string of the molecule is COc1cc2c(cc1OC)OC1(C=C2)CCNCC1. The monoisotopic (exact) mass is 261 g/mol. The summed E-state index contributed by atoms with van der Waals surface area (Å²) >= 11 is 0. The van der Waals surface area contributed by atoms with Crippen LogP contribution in [0.1, 0.15) is 18.4 Å². The zero-order valence-electron chi connectivity index (χ0n) is 11.4. The molecule has 1 aromatic carbocycles. The number of hydrogen-bond donors (Lipinski definition) is 1. The summed E-state index contributed by atoms with van der Waals surface area (Å²) in [6.07, 6.45) is 6.31. The Balaban J connectivity index is 1.96. The number of rotatable bonds is 2. The number of piperidine rings is 1. The quantitative estimate of drug-likeness (QED) is 0.886. The van der Waals surface area contributed by atoms with Crippen molar-refractivity contribution >= 4 is 6.08 Å². The minimum Gasteiger partial charge on any atom is -0.493 e. The molecule has 1 saturated heterocycles. The standard InChI is InChI=1S/C15H19NO3/c1-17-13-9-11-3-4-15(5-7-16-8-6-15)19-12(11)10-14(13)18-2/h3-4,9-10,16H,5-8H2,1-2H3. The smallest absolute Gasteiger partial charge is 0.164 e. The molecule has 1 aromatic rings. The van der Waals surface area contributed by atoms with Crippen LogP contribution in [-0.4, -0.2) is 32.9 Å². The first-order valence-electron chi connectivity index (χ1n) is 6.61. The van der Waals surface area contributed by atoms with Gasteiger partial charge < -0.3 is 19.5 Å². The first-order valence-corrected chi connectivity index (χ1v) is 6.61. The van der Waals surface area contributed by atoms with Crippen LogP contribution in [-0.2, 0) is 0 Å². The maximum atomic E-state index is 6.24. The van der Waals surface area contributed by atoms with Gasteiger partial charge in [0.1, 0.15) is 11.4 Å². The van der Waals surface area contributed by atoms with Crippen LogP contribution in [0.25, 0.3) is 6.08 Å². The van der Waals surface area contributed by atoms with Crippen LogP contribution in [0.3, 0.4) is 0 Å². The summed E-state index contributed by atoms with van der Waals surface area (Å²) in [5.74, 6) is 2.32. The first-order chi connectivity index (χ1) is 9.26. The van der Waals surface area contributed by atoms with E-state index < -0.39 is 0 Å². The summed E-state index contributed by atoms with van der Waals surface area (Å²) in [6.45, 7) is 1.99. The number of methoxy groups -OCH3 is 2. The molecule has 0 radical (unpaired) electrons. The van der Waals surface area contributed by atoms with Gasteiger partial charge in [0.25, 0.3) is 0 Å². The molecule has 0 aromatic heterocycles. The molecule has 1 N–H and O–H groups in total. The number of nitrogens with one attached hydrogen (secondary N) is 1. The van der Waals surface area contributed by atoms with Crippen molar-refractivity contribution in [1.29, 1.82) is 0 Å². The molecule has 3 rings (SSSR count). The molecule has 1 spiro atoms. The highest BCUT2D eigenvalue weighted by atomic mass is 16.5. The average Bonchev–Trinajstić information content (AvgIpc) is 2.46. The van der Waals surface area contributed by atoms with Crippen molar-refractivity contribution in [2.75, 3.05) is 27.3 Å². The molecule has 0 saturated carbocycles. The number of hydrogen-bond acceptors (Lipinski definition) is 4. The zero-order chi connectivity index (χ0) is 13.3. The zero-order valence-corrected chi connectivity index (χ0v) is 11.4. The molecule has 4 heteroatoms. The molecular weight excluding hydrogens is 242 g/mol. The molecular formula is C15H19NO3. The Bertz CT molecular complexity index is 504. The molecule has 19 heavy (non-hydrogen) atoms. The Kier molecular flexibility index (Phi) is 3.11. The molecule has 0 amide bonds. The summed E-state index contributed by atoms with van der Waals surface area (Å²) < 4.78 is 16.9. The highest BCUT2D eigenvalue weighted by molar-refractivity contribution is 5.66. The average molecular weight is 261 g/mol. The Morgan fingerprint density at radius 2 is 1.79 bits per heavy atom. The maximum absolute atomic E-state index is 6.24. The summed E-state index contributed by atoms with van der Waals surface area (Å²) in [5, 5.41) is 3.36. The minimum atomic E-state index is -0.155. The Morgan fingerprint density at radius 1 is 1.11 bits per heavy atom. The van der Waals surface area contributed by atoms with Crippen molar-refractivity contribution in [1.82, 2.24) is 5.32 Å². The normalized spacial score (nSPS) is 19.7. The van der Waals surface area contributed by atoms with Crippen LogP contribution in [0.4, 0.5) is 0 Å². The Hall–Kier alpha value is -1.68. The van der Waals surface area contributed by atoms with Gasteiger partial charge in [-0.05, 0) is 25.2 Å². The molecule has 0 atom stereocenters. The lowest BCUT2D eigenvalue weighted by Gasteiger charge is -2.38. The molecule has 4 nitrogen and oxygen atoms in total. The lowest BCUT2D eigenvalue weighted by molar-refractivity contribution is 0.0819. The van der Waals surface area contributed by atoms with E-state index >= 15 is 0 Å². The van der Waals surface area contributed by atoms with Crippen molar-refractivity contribution < 1.29 is 14.2 Å². The number of benzene rings is 1. The van der Waals surface area contributed by atoms with E-state index in [2.05, 4.69) is 17.5 Å². The molecule has 1 fully saturated rings. The van der Waals surface area contributed by atoms with Crippen LogP contribution in [0.15, 0.2) is 18.2 Å². The van der Waals surface area contributed by atoms with Crippen molar-refractivity contribution in [3.05, 3.63) is 23.8 Å². The van der Waals surface area contributed by atoms with Crippen molar-refractivity contribution in [3.63, 3.8) is 0 Å². The van der Waals surface area contributed by atoms with Gasteiger partial charge in [0.05, 0.1) is 14.2 Å². The second kappa shape index (κ2) is 4.78. The lowest BCUT2D eigenvalue weighted by atomic mass is 9.89. The van der Waals surface area contributed by atoms with E-state index in [1.54, 1.807) is 14.2 Å². The van der Waals surface area contributed by atoms with Crippen LogP contribution in [0, 0.1) is 0 Å². The van der Waals surface area contributed by atoms with E-state index in [-0.39, 0.29) is 5.60 Å². The van der Waals surface area contributed by atoms with E-state index in [1.807, 2.05) is 12.1 Å². The van der Waals surface area contributed by atoms with Gasteiger partial charge in [0.15, 0.2) is 11.5 Å². The second-order valence-corrected chi connectivity index (χ2v) is 5.00.